The lowest BCUT2D eigenvalue weighted by atomic mass is 10.3. The van der Waals surface area contributed by atoms with Crippen molar-refractivity contribution in [1.29, 1.82) is 0 Å². The zero-order valence-electron chi connectivity index (χ0n) is 17.6. The zero-order valence-corrected chi connectivity index (χ0v) is 19.2. The van der Waals surface area contributed by atoms with E-state index in [1.807, 2.05) is 0 Å². The normalized spacial score (nSPS) is 11.9. The highest BCUT2D eigenvalue weighted by Crippen LogP contribution is 2.22. The van der Waals surface area contributed by atoms with Crippen molar-refractivity contribution in [3.05, 3.63) is 54.1 Å². The second-order valence-electron chi connectivity index (χ2n) is 6.82. The van der Waals surface area contributed by atoms with Gasteiger partial charge in [0.25, 0.3) is 0 Å². The summed E-state index contributed by atoms with van der Waals surface area (Å²) >= 11 is 0. The number of benzene rings is 2. The van der Waals surface area contributed by atoms with Crippen LogP contribution in [-0.2, 0) is 24.8 Å². The summed E-state index contributed by atoms with van der Waals surface area (Å²) in [6.07, 6.45) is 0.798. The summed E-state index contributed by atoms with van der Waals surface area (Å²) in [6.45, 7) is -0.701. The number of halogens is 2. The monoisotopic (exact) mass is 491 g/mol. The quantitative estimate of drug-likeness (QED) is 0.500. The van der Waals surface area contributed by atoms with Crippen LogP contribution in [0.1, 0.15) is 0 Å². The number of nitrogens with one attached hydrogen (secondary N) is 1. The van der Waals surface area contributed by atoms with E-state index in [2.05, 4.69) is 5.32 Å². The number of rotatable bonds is 10. The Morgan fingerprint density at radius 1 is 1.03 bits per heavy atom. The van der Waals surface area contributed by atoms with Gasteiger partial charge in [-0.1, -0.05) is 0 Å². The average Bonchev–Trinajstić information content (AvgIpc) is 2.69. The average molecular weight is 492 g/mol. The molecule has 9 nitrogen and oxygen atoms in total. The molecule has 0 saturated heterocycles. The standard InChI is InChI=1S/C19H23F2N3O6S2/c1-23(2)32(28,29)16-7-5-15(6-8-16)30-11-10-22-19(25)13-24(31(3,26)27)18-9-4-14(20)12-17(18)21/h4-9,12H,10-11,13H2,1-3H3,(H,22,25). The van der Waals surface area contributed by atoms with Crippen molar-refractivity contribution in [3.63, 3.8) is 0 Å². The van der Waals surface area contributed by atoms with Crippen molar-refractivity contribution in [2.45, 2.75) is 4.90 Å². The van der Waals surface area contributed by atoms with Gasteiger partial charge in [0.2, 0.25) is 26.0 Å². The smallest absolute Gasteiger partial charge is 0.242 e. The Labute approximate surface area is 185 Å². The number of hydrogen-bond acceptors (Lipinski definition) is 6. The molecule has 2 aromatic carbocycles. The molecule has 2 rings (SSSR count). The minimum atomic E-state index is -4.02. The van der Waals surface area contributed by atoms with Crippen molar-refractivity contribution in [3.8, 4) is 5.75 Å². The van der Waals surface area contributed by atoms with Gasteiger partial charge in [-0.05, 0) is 36.4 Å². The van der Waals surface area contributed by atoms with E-state index in [4.69, 9.17) is 4.74 Å². The van der Waals surface area contributed by atoms with Gasteiger partial charge in [0.15, 0.2) is 0 Å². The van der Waals surface area contributed by atoms with E-state index in [-0.39, 0.29) is 18.0 Å². The Morgan fingerprint density at radius 3 is 2.19 bits per heavy atom. The summed E-state index contributed by atoms with van der Waals surface area (Å²) in [5.41, 5.74) is -0.451. The summed E-state index contributed by atoms with van der Waals surface area (Å²) in [4.78, 5) is 12.2. The van der Waals surface area contributed by atoms with Crippen LogP contribution in [0.2, 0.25) is 0 Å². The molecule has 0 atom stereocenters. The molecular weight excluding hydrogens is 468 g/mol. The first-order chi connectivity index (χ1) is 14.8. The molecule has 0 radical (unpaired) electrons. The Balaban J connectivity index is 1.92. The van der Waals surface area contributed by atoms with Crippen LogP contribution >= 0.6 is 0 Å². The maximum atomic E-state index is 14.0. The Kier molecular flexibility index (Phi) is 8.15. The molecule has 0 heterocycles. The molecule has 0 fully saturated rings. The third kappa shape index (κ3) is 6.61. The van der Waals surface area contributed by atoms with E-state index >= 15 is 0 Å². The Bertz CT molecular complexity index is 1170. The van der Waals surface area contributed by atoms with Crippen LogP contribution in [0.25, 0.3) is 0 Å². The maximum absolute atomic E-state index is 14.0. The molecule has 176 valence electrons. The Morgan fingerprint density at radius 2 is 1.66 bits per heavy atom. The third-order valence-electron chi connectivity index (χ3n) is 4.16. The zero-order chi connectivity index (χ0) is 24.1. The SMILES string of the molecule is CN(C)S(=O)(=O)c1ccc(OCCNC(=O)CN(c2ccc(F)cc2F)S(C)(=O)=O)cc1. The van der Waals surface area contributed by atoms with E-state index in [0.717, 1.165) is 22.7 Å². The van der Waals surface area contributed by atoms with Crippen LogP contribution in [0.15, 0.2) is 47.4 Å². The molecule has 1 amide bonds. The first kappa shape index (κ1) is 25.5. The molecule has 0 unspecified atom stereocenters. The van der Waals surface area contributed by atoms with Crippen LogP contribution < -0.4 is 14.4 Å². The molecule has 2 aromatic rings. The van der Waals surface area contributed by atoms with Crippen molar-refractivity contribution in [1.82, 2.24) is 9.62 Å². The molecule has 1 N–H and O–H groups in total. The van der Waals surface area contributed by atoms with Gasteiger partial charge < -0.3 is 10.1 Å². The minimum Gasteiger partial charge on any atom is -0.492 e. The van der Waals surface area contributed by atoms with Crippen LogP contribution in [0.3, 0.4) is 0 Å². The fourth-order valence-corrected chi connectivity index (χ4v) is 4.29. The molecule has 0 spiro atoms. The van der Waals surface area contributed by atoms with Crippen molar-refractivity contribution in [2.75, 3.05) is 44.4 Å². The van der Waals surface area contributed by atoms with Crippen molar-refractivity contribution in [2.24, 2.45) is 0 Å². The molecular formula is C19H23F2N3O6S2. The predicted molar refractivity (Wildman–Crippen MR) is 114 cm³/mol. The van der Waals surface area contributed by atoms with Crippen LogP contribution in [0.5, 0.6) is 5.75 Å². The van der Waals surface area contributed by atoms with Gasteiger partial charge in [0.05, 0.1) is 23.4 Å². The lowest BCUT2D eigenvalue weighted by Crippen LogP contribution is -2.41. The topological polar surface area (TPSA) is 113 Å². The Hall–Kier alpha value is -2.77. The fraction of sp³-hybridized carbons (Fsp3) is 0.316. The number of sulfonamides is 2. The third-order valence-corrected chi connectivity index (χ3v) is 7.12. The molecule has 0 aliphatic carbocycles. The lowest BCUT2D eigenvalue weighted by molar-refractivity contribution is -0.119. The molecule has 0 aliphatic heterocycles. The molecule has 13 heteroatoms. The van der Waals surface area contributed by atoms with E-state index in [1.54, 1.807) is 0 Å². The number of carbonyl (C=O) groups excluding carboxylic acids is 1. The van der Waals surface area contributed by atoms with Crippen LogP contribution in [0, 0.1) is 11.6 Å². The number of ether oxygens (including phenoxy) is 1. The van der Waals surface area contributed by atoms with Crippen LogP contribution in [-0.4, -0.2) is 67.1 Å². The second kappa shape index (κ2) is 10.2. The van der Waals surface area contributed by atoms with Gasteiger partial charge in [-0.3, -0.25) is 9.10 Å². The van der Waals surface area contributed by atoms with Crippen molar-refractivity contribution >= 4 is 31.6 Å². The van der Waals surface area contributed by atoms with E-state index in [1.165, 1.54) is 38.4 Å². The highest BCUT2D eigenvalue weighted by Gasteiger charge is 2.24. The number of amides is 1. The summed E-state index contributed by atoms with van der Waals surface area (Å²) in [7, 11) is -4.75. The molecule has 0 aliphatic rings. The van der Waals surface area contributed by atoms with Crippen molar-refractivity contribution < 1.29 is 35.1 Å². The summed E-state index contributed by atoms with van der Waals surface area (Å²) in [5.74, 6) is -2.36. The molecule has 0 aromatic heterocycles. The fourth-order valence-electron chi connectivity index (χ4n) is 2.53. The van der Waals surface area contributed by atoms with Gasteiger partial charge in [0, 0.05) is 20.2 Å². The number of anilines is 1. The lowest BCUT2D eigenvalue weighted by Gasteiger charge is -2.22. The number of carbonyl (C=O) groups is 1. The van der Waals surface area contributed by atoms with Gasteiger partial charge in [0.1, 0.15) is 30.5 Å². The van der Waals surface area contributed by atoms with Crippen LogP contribution in [0.4, 0.5) is 14.5 Å². The van der Waals surface area contributed by atoms with Gasteiger partial charge in [-0.25, -0.2) is 29.9 Å². The van der Waals surface area contributed by atoms with Gasteiger partial charge >= 0.3 is 0 Å². The van der Waals surface area contributed by atoms with Gasteiger partial charge in [-0.15, -0.1) is 0 Å². The van der Waals surface area contributed by atoms with Gasteiger partial charge in [-0.2, -0.15) is 0 Å². The summed E-state index contributed by atoms with van der Waals surface area (Å²) in [5, 5.41) is 2.44. The summed E-state index contributed by atoms with van der Waals surface area (Å²) < 4.78 is 82.1. The van der Waals surface area contributed by atoms with E-state index < -0.39 is 49.8 Å². The maximum Gasteiger partial charge on any atom is 0.242 e. The highest BCUT2D eigenvalue weighted by atomic mass is 32.2. The largest absolute Gasteiger partial charge is 0.492 e. The first-order valence-electron chi connectivity index (χ1n) is 9.17. The minimum absolute atomic E-state index is 0.0000824. The highest BCUT2D eigenvalue weighted by molar-refractivity contribution is 7.92. The number of hydrogen-bond donors (Lipinski definition) is 1. The predicted octanol–water partition coefficient (Wildman–Crippen LogP) is 1.18. The molecule has 0 saturated carbocycles. The van der Waals surface area contributed by atoms with E-state index in [9.17, 15) is 30.4 Å². The molecule has 0 bridgehead atoms. The van der Waals surface area contributed by atoms with E-state index in [0.29, 0.717) is 16.1 Å². The second-order valence-corrected chi connectivity index (χ2v) is 10.9. The first-order valence-corrected chi connectivity index (χ1v) is 12.5. The number of nitrogens with zero attached hydrogens (tertiary/aromatic N) is 2. The molecule has 32 heavy (non-hydrogen) atoms. The summed E-state index contributed by atoms with van der Waals surface area (Å²) in [6, 6.07) is 8.02.